The van der Waals surface area contributed by atoms with Gasteiger partial charge in [0, 0.05) is 48.1 Å². The molecule has 1 aliphatic heterocycles. The molecule has 1 aromatic heterocycles. The first kappa shape index (κ1) is 19.8. The normalized spacial score (nSPS) is 17.0. The van der Waals surface area contributed by atoms with Gasteiger partial charge in [-0.15, -0.1) is 0 Å². The van der Waals surface area contributed by atoms with Gasteiger partial charge in [-0.2, -0.15) is 0 Å². The number of hydrogen-bond donors (Lipinski definition) is 0. The lowest BCUT2D eigenvalue weighted by molar-refractivity contribution is -0.132. The highest BCUT2D eigenvalue weighted by Crippen LogP contribution is 2.21. The van der Waals surface area contributed by atoms with Gasteiger partial charge in [-0.3, -0.25) is 14.6 Å². The van der Waals surface area contributed by atoms with Crippen LogP contribution in [0, 0.1) is 0 Å². The van der Waals surface area contributed by atoms with E-state index in [9.17, 15) is 18.0 Å². The van der Waals surface area contributed by atoms with Crippen LogP contribution in [0.25, 0.3) is 10.9 Å². The van der Waals surface area contributed by atoms with E-state index in [0.717, 1.165) is 10.9 Å². The van der Waals surface area contributed by atoms with Crippen LogP contribution in [0.2, 0.25) is 5.02 Å². The summed E-state index contributed by atoms with van der Waals surface area (Å²) >= 11 is 5.98. The summed E-state index contributed by atoms with van der Waals surface area (Å²) in [6.07, 6.45) is 2.59. The molecule has 1 amide bonds. The molecule has 0 aliphatic carbocycles. The van der Waals surface area contributed by atoms with Gasteiger partial charge in [-0.05, 0) is 37.1 Å². The topological polar surface area (TPSA) is 84.4 Å². The molecular weight excluding hydrogens is 388 g/mol. The van der Waals surface area contributed by atoms with E-state index >= 15 is 0 Å². The van der Waals surface area contributed by atoms with Gasteiger partial charge in [0.05, 0.1) is 17.0 Å². The zero-order valence-corrected chi connectivity index (χ0v) is 16.6. The van der Waals surface area contributed by atoms with Crippen molar-refractivity contribution in [3.63, 3.8) is 0 Å². The van der Waals surface area contributed by atoms with Crippen molar-refractivity contribution < 1.29 is 18.0 Å². The van der Waals surface area contributed by atoms with Crippen molar-refractivity contribution in [2.24, 2.45) is 0 Å². The maximum absolute atomic E-state index is 12.4. The monoisotopic (exact) mass is 408 g/mol. The maximum Gasteiger partial charge on any atom is 0.223 e. The summed E-state index contributed by atoms with van der Waals surface area (Å²) in [7, 11) is -1.29. The van der Waals surface area contributed by atoms with Gasteiger partial charge >= 0.3 is 0 Å². The molecule has 0 radical (unpaired) electrons. The van der Waals surface area contributed by atoms with Crippen LogP contribution in [-0.2, 0) is 14.6 Å². The van der Waals surface area contributed by atoms with Crippen molar-refractivity contribution >= 4 is 44.0 Å². The van der Waals surface area contributed by atoms with Crippen LogP contribution in [0.15, 0.2) is 30.5 Å². The molecule has 1 saturated heterocycles. The van der Waals surface area contributed by atoms with E-state index < -0.39 is 9.84 Å². The molecule has 0 spiro atoms. The molecule has 0 unspecified atom stereocenters. The van der Waals surface area contributed by atoms with Crippen LogP contribution >= 0.6 is 11.6 Å². The van der Waals surface area contributed by atoms with E-state index in [1.807, 2.05) is 0 Å². The van der Waals surface area contributed by atoms with Gasteiger partial charge in [0.1, 0.15) is 9.84 Å². The molecule has 2 heterocycles. The van der Waals surface area contributed by atoms with Crippen molar-refractivity contribution in [1.82, 2.24) is 9.88 Å². The first-order valence-corrected chi connectivity index (χ1v) is 11.0. The fourth-order valence-corrected chi connectivity index (χ4v) is 4.91. The second kappa shape index (κ2) is 7.94. The van der Waals surface area contributed by atoms with E-state index in [-0.39, 0.29) is 42.1 Å². The van der Waals surface area contributed by atoms with Crippen LogP contribution in [0.5, 0.6) is 0 Å². The van der Waals surface area contributed by atoms with Crippen LogP contribution in [0.4, 0.5) is 0 Å². The molecule has 1 aromatic carbocycles. The van der Waals surface area contributed by atoms with E-state index in [1.54, 1.807) is 36.2 Å². The number of rotatable bonds is 5. The molecule has 2 aromatic rings. The quantitative estimate of drug-likeness (QED) is 0.710. The molecule has 0 bridgehead atoms. The number of fused-ring (bicyclic) bond motifs is 1. The van der Waals surface area contributed by atoms with Gasteiger partial charge in [0.2, 0.25) is 5.91 Å². The van der Waals surface area contributed by atoms with Gasteiger partial charge in [0.25, 0.3) is 0 Å². The Morgan fingerprint density at radius 3 is 2.59 bits per heavy atom. The highest BCUT2D eigenvalue weighted by Gasteiger charge is 2.28. The molecule has 144 valence electrons. The highest BCUT2D eigenvalue weighted by atomic mass is 35.5. The summed E-state index contributed by atoms with van der Waals surface area (Å²) in [4.78, 5) is 30.7. The average molecular weight is 409 g/mol. The molecule has 8 heteroatoms. The predicted octanol–water partition coefficient (Wildman–Crippen LogP) is 2.89. The molecule has 3 rings (SSSR count). The number of benzene rings is 1. The fourth-order valence-electron chi connectivity index (χ4n) is 3.26. The number of nitrogens with zero attached hydrogens (tertiary/aromatic N) is 2. The minimum Gasteiger partial charge on any atom is -0.343 e. The van der Waals surface area contributed by atoms with E-state index in [2.05, 4.69) is 4.98 Å². The summed E-state index contributed by atoms with van der Waals surface area (Å²) in [5, 5.41) is 1.35. The smallest absolute Gasteiger partial charge is 0.223 e. The van der Waals surface area contributed by atoms with Gasteiger partial charge in [-0.1, -0.05) is 11.6 Å². The minimum atomic E-state index is -2.97. The zero-order chi connectivity index (χ0) is 19.6. The lowest BCUT2D eigenvalue weighted by Crippen LogP contribution is -2.42. The number of ketones is 1. The largest absolute Gasteiger partial charge is 0.343 e. The third kappa shape index (κ3) is 4.84. The lowest BCUT2D eigenvalue weighted by atomic mass is 10.0. The van der Waals surface area contributed by atoms with E-state index in [4.69, 9.17) is 11.6 Å². The highest BCUT2D eigenvalue weighted by molar-refractivity contribution is 7.91. The standard InChI is InChI=1S/C19H21ClN2O4S/c1-22(16-6-8-27(25,26)9-7-16)19(24)5-4-18(23)14-10-13-11-15(20)2-3-17(13)21-12-14/h2-3,10-12,16H,4-9H2,1H3. The number of aromatic nitrogens is 1. The minimum absolute atomic E-state index is 0.0828. The second-order valence-electron chi connectivity index (χ2n) is 6.87. The third-order valence-corrected chi connectivity index (χ3v) is 6.95. The summed E-state index contributed by atoms with van der Waals surface area (Å²) in [6, 6.07) is 6.92. The Morgan fingerprint density at radius 2 is 1.89 bits per heavy atom. The van der Waals surface area contributed by atoms with E-state index in [0.29, 0.717) is 23.4 Å². The number of Topliss-reactive ketones (excluding diaryl/α,β-unsaturated/α-hetero) is 1. The third-order valence-electron chi connectivity index (χ3n) is 5.00. The Labute approximate surface area is 163 Å². The number of hydrogen-bond acceptors (Lipinski definition) is 5. The van der Waals surface area contributed by atoms with Crippen LogP contribution in [0.3, 0.4) is 0 Å². The molecule has 1 fully saturated rings. The molecule has 1 aliphatic rings. The molecule has 27 heavy (non-hydrogen) atoms. The Hall–Kier alpha value is -1.99. The van der Waals surface area contributed by atoms with Gasteiger partial charge in [-0.25, -0.2) is 8.42 Å². The van der Waals surface area contributed by atoms with Crippen LogP contribution in [-0.4, -0.2) is 54.6 Å². The SMILES string of the molecule is CN(C(=O)CCC(=O)c1cnc2ccc(Cl)cc2c1)C1CCS(=O)(=O)CC1. The Kier molecular flexibility index (Phi) is 5.81. The fraction of sp³-hybridized carbons (Fsp3) is 0.421. The molecule has 6 nitrogen and oxygen atoms in total. The zero-order valence-electron chi connectivity index (χ0n) is 15.0. The average Bonchev–Trinajstić information content (AvgIpc) is 2.64. The number of carbonyl (C=O) groups is 2. The summed E-state index contributed by atoms with van der Waals surface area (Å²) < 4.78 is 23.0. The van der Waals surface area contributed by atoms with Gasteiger partial charge in [0.15, 0.2) is 5.78 Å². The lowest BCUT2D eigenvalue weighted by Gasteiger charge is -2.31. The summed E-state index contributed by atoms with van der Waals surface area (Å²) in [6.45, 7) is 0. The first-order valence-electron chi connectivity index (χ1n) is 8.80. The number of sulfone groups is 1. The number of carbonyl (C=O) groups excluding carboxylic acids is 2. The first-order chi connectivity index (χ1) is 12.7. The summed E-state index contributed by atoms with van der Waals surface area (Å²) in [5.41, 5.74) is 1.20. The van der Waals surface area contributed by atoms with E-state index in [1.165, 1.54) is 6.20 Å². The van der Waals surface area contributed by atoms with Crippen molar-refractivity contribution in [2.45, 2.75) is 31.7 Å². The number of halogens is 1. The molecule has 0 N–H and O–H groups in total. The van der Waals surface area contributed by atoms with Gasteiger partial charge < -0.3 is 4.90 Å². The molecular formula is C19H21ClN2O4S. The summed E-state index contributed by atoms with van der Waals surface area (Å²) in [5.74, 6) is -0.0826. The Bertz CT molecular complexity index is 976. The maximum atomic E-state index is 12.4. The Balaban J connectivity index is 1.59. The van der Waals surface area contributed by atoms with Crippen molar-refractivity contribution in [3.8, 4) is 0 Å². The van der Waals surface area contributed by atoms with Crippen molar-refractivity contribution in [3.05, 3.63) is 41.0 Å². The Morgan fingerprint density at radius 1 is 1.19 bits per heavy atom. The predicted molar refractivity (Wildman–Crippen MR) is 105 cm³/mol. The van der Waals surface area contributed by atoms with Crippen molar-refractivity contribution in [1.29, 1.82) is 0 Å². The van der Waals surface area contributed by atoms with Crippen LogP contribution < -0.4 is 0 Å². The number of amides is 1. The van der Waals surface area contributed by atoms with Crippen molar-refractivity contribution in [2.75, 3.05) is 18.6 Å². The number of pyridine rings is 1. The molecule has 0 saturated carbocycles. The van der Waals surface area contributed by atoms with Crippen LogP contribution in [0.1, 0.15) is 36.0 Å². The molecule has 0 atom stereocenters. The second-order valence-corrected chi connectivity index (χ2v) is 9.61.